The molecule has 2 rings (SSSR count). The van der Waals surface area contributed by atoms with Gasteiger partial charge in [-0.25, -0.2) is 0 Å². The molecule has 1 aromatic rings. The Labute approximate surface area is 89.9 Å². The molecular weight excluding hydrogens is 188 g/mol. The van der Waals surface area contributed by atoms with E-state index in [0.717, 1.165) is 26.1 Å². The average Bonchev–Trinajstić information content (AvgIpc) is 2.68. The molecule has 0 aliphatic carbocycles. The van der Waals surface area contributed by atoms with Crippen molar-refractivity contribution in [2.45, 2.75) is 13.0 Å². The maximum absolute atomic E-state index is 11.0. The Hall–Kier alpha value is -1.35. The van der Waals surface area contributed by atoms with Gasteiger partial charge >= 0.3 is 0 Å². The first-order chi connectivity index (χ1) is 7.25. The zero-order valence-corrected chi connectivity index (χ0v) is 8.73. The van der Waals surface area contributed by atoms with Crippen molar-refractivity contribution < 1.29 is 4.79 Å². The molecule has 1 aromatic carbocycles. The van der Waals surface area contributed by atoms with E-state index in [-0.39, 0.29) is 11.8 Å². The maximum atomic E-state index is 11.0. The highest BCUT2D eigenvalue weighted by Gasteiger charge is 2.26. The van der Waals surface area contributed by atoms with Crippen molar-refractivity contribution in [2.24, 2.45) is 11.7 Å². The molecule has 0 radical (unpaired) electrons. The van der Waals surface area contributed by atoms with E-state index in [0.29, 0.717) is 0 Å². The molecule has 1 amide bonds. The number of amides is 1. The van der Waals surface area contributed by atoms with Crippen LogP contribution in [0.3, 0.4) is 0 Å². The van der Waals surface area contributed by atoms with Crippen LogP contribution in [-0.4, -0.2) is 23.9 Å². The maximum Gasteiger partial charge on any atom is 0.221 e. The van der Waals surface area contributed by atoms with Gasteiger partial charge in [0.15, 0.2) is 0 Å². The lowest BCUT2D eigenvalue weighted by Crippen LogP contribution is -2.27. The monoisotopic (exact) mass is 204 g/mol. The van der Waals surface area contributed by atoms with Gasteiger partial charge in [0.05, 0.1) is 5.92 Å². The normalized spacial score (nSPS) is 21.7. The molecule has 0 aromatic heterocycles. The molecule has 0 bridgehead atoms. The standard InChI is InChI=1S/C12H16N2O/c13-12(15)11-6-7-14(9-11)8-10-4-2-1-3-5-10/h1-5,11H,6-9H2,(H2,13,15). The Kier molecular flexibility index (Phi) is 3.02. The predicted octanol–water partition coefficient (Wildman–Crippen LogP) is 0.994. The van der Waals surface area contributed by atoms with Gasteiger partial charge in [0.25, 0.3) is 0 Å². The second-order valence-electron chi connectivity index (χ2n) is 4.11. The summed E-state index contributed by atoms with van der Waals surface area (Å²) in [6.07, 6.45) is 0.905. The van der Waals surface area contributed by atoms with Crippen LogP contribution in [0.5, 0.6) is 0 Å². The summed E-state index contributed by atoms with van der Waals surface area (Å²) in [6.45, 7) is 2.71. The number of nitrogens with two attached hydrogens (primary N) is 1. The van der Waals surface area contributed by atoms with Crippen LogP contribution in [-0.2, 0) is 11.3 Å². The summed E-state index contributed by atoms with van der Waals surface area (Å²) in [4.78, 5) is 13.3. The Bertz CT molecular complexity index is 337. The molecule has 2 N–H and O–H groups in total. The van der Waals surface area contributed by atoms with E-state index in [9.17, 15) is 4.79 Å². The number of carbonyl (C=O) groups is 1. The van der Waals surface area contributed by atoms with Gasteiger partial charge in [-0.1, -0.05) is 30.3 Å². The average molecular weight is 204 g/mol. The number of hydrogen-bond acceptors (Lipinski definition) is 2. The number of nitrogens with zero attached hydrogens (tertiary/aromatic N) is 1. The van der Waals surface area contributed by atoms with E-state index in [4.69, 9.17) is 5.73 Å². The molecule has 80 valence electrons. The molecule has 1 aliphatic heterocycles. The van der Waals surface area contributed by atoms with Gasteiger partial charge in [0.1, 0.15) is 0 Å². The highest BCUT2D eigenvalue weighted by atomic mass is 16.1. The third-order valence-electron chi connectivity index (χ3n) is 2.92. The summed E-state index contributed by atoms with van der Waals surface area (Å²) in [5, 5.41) is 0. The Morgan fingerprint density at radius 1 is 1.40 bits per heavy atom. The number of carbonyl (C=O) groups excluding carboxylic acids is 1. The minimum absolute atomic E-state index is 0.0497. The first-order valence-corrected chi connectivity index (χ1v) is 5.31. The number of primary amides is 1. The van der Waals surface area contributed by atoms with Crippen molar-refractivity contribution in [2.75, 3.05) is 13.1 Å². The van der Waals surface area contributed by atoms with Gasteiger partial charge < -0.3 is 5.73 Å². The van der Waals surface area contributed by atoms with Crippen LogP contribution >= 0.6 is 0 Å². The van der Waals surface area contributed by atoms with Gasteiger partial charge in [-0.3, -0.25) is 9.69 Å². The van der Waals surface area contributed by atoms with Gasteiger partial charge in [-0.15, -0.1) is 0 Å². The van der Waals surface area contributed by atoms with Crippen LogP contribution < -0.4 is 5.73 Å². The van der Waals surface area contributed by atoms with Crippen molar-refractivity contribution in [3.8, 4) is 0 Å². The zero-order valence-electron chi connectivity index (χ0n) is 8.73. The Morgan fingerprint density at radius 2 is 2.13 bits per heavy atom. The highest BCUT2D eigenvalue weighted by molar-refractivity contribution is 5.77. The van der Waals surface area contributed by atoms with Gasteiger partial charge in [-0.05, 0) is 18.5 Å². The number of likely N-dealkylation sites (tertiary alicyclic amines) is 1. The first kappa shape index (κ1) is 10.2. The number of benzene rings is 1. The van der Waals surface area contributed by atoms with Crippen LogP contribution in [0.1, 0.15) is 12.0 Å². The van der Waals surface area contributed by atoms with Crippen LogP contribution in [0, 0.1) is 5.92 Å². The third-order valence-corrected chi connectivity index (χ3v) is 2.92. The molecule has 1 unspecified atom stereocenters. The molecule has 1 aliphatic rings. The molecule has 3 nitrogen and oxygen atoms in total. The van der Waals surface area contributed by atoms with E-state index in [1.54, 1.807) is 0 Å². The topological polar surface area (TPSA) is 46.3 Å². The van der Waals surface area contributed by atoms with Crippen LogP contribution in [0.2, 0.25) is 0 Å². The van der Waals surface area contributed by atoms with E-state index in [1.165, 1.54) is 5.56 Å². The van der Waals surface area contributed by atoms with Crippen LogP contribution in [0.15, 0.2) is 30.3 Å². The Balaban J connectivity index is 1.90. The van der Waals surface area contributed by atoms with Crippen molar-refractivity contribution >= 4 is 5.91 Å². The lowest BCUT2D eigenvalue weighted by molar-refractivity contribution is -0.121. The molecular formula is C12H16N2O. The van der Waals surface area contributed by atoms with Crippen molar-refractivity contribution in [3.05, 3.63) is 35.9 Å². The van der Waals surface area contributed by atoms with Crippen molar-refractivity contribution in [1.29, 1.82) is 0 Å². The second-order valence-corrected chi connectivity index (χ2v) is 4.11. The first-order valence-electron chi connectivity index (χ1n) is 5.31. The summed E-state index contributed by atoms with van der Waals surface area (Å²) in [6, 6.07) is 10.3. The van der Waals surface area contributed by atoms with Crippen molar-refractivity contribution in [3.63, 3.8) is 0 Å². The quantitative estimate of drug-likeness (QED) is 0.798. The van der Waals surface area contributed by atoms with Crippen LogP contribution in [0.25, 0.3) is 0 Å². The minimum Gasteiger partial charge on any atom is -0.369 e. The number of hydrogen-bond donors (Lipinski definition) is 1. The third kappa shape index (κ3) is 2.57. The summed E-state index contributed by atoms with van der Waals surface area (Å²) >= 11 is 0. The summed E-state index contributed by atoms with van der Waals surface area (Å²) < 4.78 is 0. The molecule has 1 saturated heterocycles. The lowest BCUT2D eigenvalue weighted by Gasteiger charge is -2.14. The summed E-state index contributed by atoms with van der Waals surface area (Å²) in [7, 11) is 0. The van der Waals surface area contributed by atoms with Crippen molar-refractivity contribution in [1.82, 2.24) is 4.90 Å². The summed E-state index contributed by atoms with van der Waals surface area (Å²) in [5.74, 6) is -0.112. The molecule has 15 heavy (non-hydrogen) atoms. The van der Waals surface area contributed by atoms with E-state index in [1.807, 2.05) is 18.2 Å². The van der Waals surface area contributed by atoms with Crippen LogP contribution in [0.4, 0.5) is 0 Å². The zero-order chi connectivity index (χ0) is 10.7. The molecule has 1 fully saturated rings. The van der Waals surface area contributed by atoms with E-state index in [2.05, 4.69) is 17.0 Å². The molecule has 0 spiro atoms. The smallest absolute Gasteiger partial charge is 0.221 e. The lowest BCUT2D eigenvalue weighted by atomic mass is 10.1. The molecule has 1 atom stereocenters. The molecule has 3 heteroatoms. The Morgan fingerprint density at radius 3 is 2.73 bits per heavy atom. The minimum atomic E-state index is -0.162. The fourth-order valence-corrected chi connectivity index (χ4v) is 2.05. The molecule has 0 saturated carbocycles. The van der Waals surface area contributed by atoms with Gasteiger partial charge in [-0.2, -0.15) is 0 Å². The summed E-state index contributed by atoms with van der Waals surface area (Å²) in [5.41, 5.74) is 6.58. The fraction of sp³-hybridized carbons (Fsp3) is 0.417. The van der Waals surface area contributed by atoms with Gasteiger partial charge in [0, 0.05) is 13.1 Å². The molecule has 1 heterocycles. The largest absolute Gasteiger partial charge is 0.369 e. The fourth-order valence-electron chi connectivity index (χ4n) is 2.05. The SMILES string of the molecule is NC(=O)C1CCN(Cc2ccccc2)C1. The van der Waals surface area contributed by atoms with E-state index >= 15 is 0 Å². The number of rotatable bonds is 3. The second kappa shape index (κ2) is 4.45. The van der Waals surface area contributed by atoms with E-state index < -0.39 is 0 Å². The van der Waals surface area contributed by atoms with Gasteiger partial charge in [0.2, 0.25) is 5.91 Å². The predicted molar refractivity (Wildman–Crippen MR) is 59.0 cm³/mol. The highest BCUT2D eigenvalue weighted by Crippen LogP contribution is 2.17.